The van der Waals surface area contributed by atoms with Crippen LogP contribution in [-0.2, 0) is 0 Å². The number of amidine groups is 1. The van der Waals surface area contributed by atoms with Gasteiger partial charge in [0.2, 0.25) is 0 Å². The summed E-state index contributed by atoms with van der Waals surface area (Å²) in [6.07, 6.45) is 0. The normalized spacial score (nSPS) is 11.3. The molecule has 2 aromatic carbocycles. The Hall–Kier alpha value is -2.21. The van der Waals surface area contributed by atoms with Crippen LogP contribution in [0.15, 0.2) is 52.1 Å². The number of benzene rings is 2. The minimum atomic E-state index is 0.0753. The van der Waals surface area contributed by atoms with Crippen molar-refractivity contribution in [1.82, 2.24) is 0 Å². The number of oxime groups is 1. The molecule has 0 aliphatic heterocycles. The second kappa shape index (κ2) is 6.49. The number of anilines is 2. The standard InChI is InChI=1S/C15H16BrN3O2/c1-19(11-4-3-5-12(9-11)21-2)14-7-6-10(8-13(14)16)15(17)18-20/h3-9,20H,1-2H3,(H2,17,18). The van der Waals surface area contributed by atoms with E-state index in [4.69, 9.17) is 15.7 Å². The van der Waals surface area contributed by atoms with Gasteiger partial charge in [0.1, 0.15) is 5.75 Å². The summed E-state index contributed by atoms with van der Waals surface area (Å²) in [7, 11) is 3.60. The Balaban J connectivity index is 2.37. The Kier molecular flexibility index (Phi) is 4.70. The molecule has 0 heterocycles. The van der Waals surface area contributed by atoms with E-state index in [2.05, 4.69) is 21.1 Å². The highest BCUT2D eigenvalue weighted by Crippen LogP contribution is 2.32. The molecule has 0 aromatic heterocycles. The first-order chi connectivity index (χ1) is 10.1. The first-order valence-electron chi connectivity index (χ1n) is 6.22. The Morgan fingerprint density at radius 2 is 2.05 bits per heavy atom. The third-order valence-corrected chi connectivity index (χ3v) is 3.79. The minimum absolute atomic E-state index is 0.0753. The van der Waals surface area contributed by atoms with E-state index in [1.165, 1.54) is 0 Å². The monoisotopic (exact) mass is 349 g/mol. The maximum atomic E-state index is 8.72. The van der Waals surface area contributed by atoms with Gasteiger partial charge in [-0.05, 0) is 46.3 Å². The van der Waals surface area contributed by atoms with Crippen molar-refractivity contribution in [3.05, 3.63) is 52.5 Å². The Labute approximate surface area is 131 Å². The van der Waals surface area contributed by atoms with Gasteiger partial charge in [0.25, 0.3) is 0 Å². The SMILES string of the molecule is COc1cccc(N(C)c2ccc(/C(N)=N/O)cc2Br)c1. The van der Waals surface area contributed by atoms with E-state index in [9.17, 15) is 0 Å². The Bertz CT molecular complexity index is 674. The van der Waals surface area contributed by atoms with Gasteiger partial charge in [0, 0.05) is 28.8 Å². The van der Waals surface area contributed by atoms with Gasteiger partial charge in [-0.25, -0.2) is 0 Å². The summed E-state index contributed by atoms with van der Waals surface area (Å²) in [4.78, 5) is 2.02. The number of nitrogens with zero attached hydrogens (tertiary/aromatic N) is 2. The number of nitrogens with two attached hydrogens (primary N) is 1. The molecular formula is C15H16BrN3O2. The molecule has 0 unspecified atom stereocenters. The molecule has 0 saturated carbocycles. The van der Waals surface area contributed by atoms with Crippen LogP contribution in [0.1, 0.15) is 5.56 Å². The van der Waals surface area contributed by atoms with Crippen LogP contribution < -0.4 is 15.4 Å². The lowest BCUT2D eigenvalue weighted by Crippen LogP contribution is -2.14. The van der Waals surface area contributed by atoms with Gasteiger partial charge in [-0.1, -0.05) is 11.2 Å². The maximum Gasteiger partial charge on any atom is 0.170 e. The predicted octanol–water partition coefficient (Wildman–Crippen LogP) is 3.32. The van der Waals surface area contributed by atoms with Crippen LogP contribution in [0.2, 0.25) is 0 Å². The summed E-state index contributed by atoms with van der Waals surface area (Å²) in [6.45, 7) is 0. The van der Waals surface area contributed by atoms with Crippen LogP contribution in [-0.4, -0.2) is 25.2 Å². The highest BCUT2D eigenvalue weighted by molar-refractivity contribution is 9.10. The summed E-state index contributed by atoms with van der Waals surface area (Å²) < 4.78 is 6.08. The van der Waals surface area contributed by atoms with Crippen molar-refractivity contribution in [1.29, 1.82) is 0 Å². The van der Waals surface area contributed by atoms with E-state index in [1.807, 2.05) is 42.3 Å². The summed E-state index contributed by atoms with van der Waals surface area (Å²) >= 11 is 3.51. The van der Waals surface area contributed by atoms with E-state index >= 15 is 0 Å². The fourth-order valence-corrected chi connectivity index (χ4v) is 2.60. The number of halogens is 1. The van der Waals surface area contributed by atoms with Crippen molar-refractivity contribution in [3.8, 4) is 5.75 Å². The van der Waals surface area contributed by atoms with Crippen molar-refractivity contribution < 1.29 is 9.94 Å². The Morgan fingerprint density at radius 1 is 1.29 bits per heavy atom. The molecule has 0 saturated heterocycles. The van der Waals surface area contributed by atoms with Crippen molar-refractivity contribution >= 4 is 33.1 Å². The molecular weight excluding hydrogens is 334 g/mol. The average molecular weight is 350 g/mol. The van der Waals surface area contributed by atoms with Crippen LogP contribution in [0.5, 0.6) is 5.75 Å². The van der Waals surface area contributed by atoms with Crippen LogP contribution in [0.25, 0.3) is 0 Å². The van der Waals surface area contributed by atoms with Crippen LogP contribution in [0, 0.1) is 0 Å². The average Bonchev–Trinajstić information content (AvgIpc) is 2.53. The zero-order valence-corrected chi connectivity index (χ0v) is 13.3. The molecule has 0 amide bonds. The zero-order chi connectivity index (χ0) is 15.4. The highest BCUT2D eigenvalue weighted by atomic mass is 79.9. The third kappa shape index (κ3) is 3.28. The number of hydrogen-bond acceptors (Lipinski definition) is 4. The van der Waals surface area contributed by atoms with Crippen molar-refractivity contribution in [2.45, 2.75) is 0 Å². The van der Waals surface area contributed by atoms with Crippen molar-refractivity contribution in [2.24, 2.45) is 10.9 Å². The summed E-state index contributed by atoms with van der Waals surface area (Å²) in [5.41, 5.74) is 8.18. The lowest BCUT2D eigenvalue weighted by atomic mass is 10.1. The number of methoxy groups -OCH3 is 1. The second-order valence-corrected chi connectivity index (χ2v) is 5.27. The molecule has 0 fully saturated rings. The molecule has 2 aromatic rings. The van der Waals surface area contributed by atoms with E-state index in [0.717, 1.165) is 21.6 Å². The fourth-order valence-electron chi connectivity index (χ4n) is 1.95. The van der Waals surface area contributed by atoms with Crippen molar-refractivity contribution in [3.63, 3.8) is 0 Å². The summed E-state index contributed by atoms with van der Waals surface area (Å²) in [6, 6.07) is 13.3. The summed E-state index contributed by atoms with van der Waals surface area (Å²) in [5.74, 6) is 0.870. The predicted molar refractivity (Wildman–Crippen MR) is 87.7 cm³/mol. The van der Waals surface area contributed by atoms with Gasteiger partial charge in [-0.15, -0.1) is 0 Å². The third-order valence-electron chi connectivity index (χ3n) is 3.15. The van der Waals surface area contributed by atoms with Gasteiger partial charge >= 0.3 is 0 Å². The quantitative estimate of drug-likeness (QED) is 0.384. The van der Waals surface area contributed by atoms with Gasteiger partial charge in [-0.2, -0.15) is 0 Å². The number of ether oxygens (including phenoxy) is 1. The molecule has 110 valence electrons. The van der Waals surface area contributed by atoms with Crippen LogP contribution in [0.3, 0.4) is 0 Å². The summed E-state index contributed by atoms with van der Waals surface area (Å²) in [5, 5.41) is 11.7. The molecule has 21 heavy (non-hydrogen) atoms. The molecule has 5 nitrogen and oxygen atoms in total. The van der Waals surface area contributed by atoms with Crippen LogP contribution >= 0.6 is 15.9 Å². The maximum absolute atomic E-state index is 8.72. The molecule has 3 N–H and O–H groups in total. The lowest BCUT2D eigenvalue weighted by Gasteiger charge is -2.22. The molecule has 0 aliphatic rings. The number of rotatable bonds is 4. The van der Waals surface area contributed by atoms with Crippen molar-refractivity contribution in [2.75, 3.05) is 19.1 Å². The Morgan fingerprint density at radius 3 is 2.67 bits per heavy atom. The highest BCUT2D eigenvalue weighted by Gasteiger charge is 2.10. The van der Waals surface area contributed by atoms with E-state index in [1.54, 1.807) is 19.2 Å². The zero-order valence-electron chi connectivity index (χ0n) is 11.7. The molecule has 0 spiro atoms. The first kappa shape index (κ1) is 15.2. The number of hydrogen-bond donors (Lipinski definition) is 2. The minimum Gasteiger partial charge on any atom is -0.497 e. The molecule has 0 bridgehead atoms. The lowest BCUT2D eigenvalue weighted by molar-refractivity contribution is 0.318. The van der Waals surface area contributed by atoms with E-state index < -0.39 is 0 Å². The molecule has 2 rings (SSSR count). The second-order valence-electron chi connectivity index (χ2n) is 4.41. The molecule has 0 atom stereocenters. The molecule has 0 aliphatic carbocycles. The van der Waals surface area contributed by atoms with Gasteiger partial charge in [-0.3, -0.25) is 0 Å². The first-order valence-corrected chi connectivity index (χ1v) is 7.01. The van der Waals surface area contributed by atoms with Gasteiger partial charge in [0.15, 0.2) is 5.84 Å². The van der Waals surface area contributed by atoms with E-state index in [0.29, 0.717) is 5.56 Å². The van der Waals surface area contributed by atoms with E-state index in [-0.39, 0.29) is 5.84 Å². The largest absolute Gasteiger partial charge is 0.497 e. The van der Waals surface area contributed by atoms with Gasteiger partial charge < -0.3 is 20.6 Å². The molecule has 6 heteroatoms. The van der Waals surface area contributed by atoms with Crippen LogP contribution in [0.4, 0.5) is 11.4 Å². The van der Waals surface area contributed by atoms with Gasteiger partial charge in [0.05, 0.1) is 12.8 Å². The smallest absolute Gasteiger partial charge is 0.170 e. The molecule has 0 radical (unpaired) electrons. The topological polar surface area (TPSA) is 71.1 Å². The fraction of sp³-hybridized carbons (Fsp3) is 0.133.